The van der Waals surface area contributed by atoms with Crippen molar-refractivity contribution in [3.63, 3.8) is 0 Å². The molecule has 828 valence electrons. The van der Waals surface area contributed by atoms with Crippen molar-refractivity contribution in [1.29, 1.82) is 27.0 Å². The minimum atomic E-state index is -1.78. The number of hydrogen-bond donors (Lipinski definition) is 31. The molecular formula is C94H150N34O19S3. The smallest absolute Gasteiger partial charge is 0.326 e. The number of aromatic amines is 1. The fourth-order valence-electron chi connectivity index (χ4n) is 16.8. The molecule has 4 bridgehead atoms. The summed E-state index contributed by atoms with van der Waals surface area (Å²) in [5.41, 5.74) is 42.0. The summed E-state index contributed by atoms with van der Waals surface area (Å²) in [5, 5.41) is 95.9. The number of primary amides is 1. The van der Waals surface area contributed by atoms with Gasteiger partial charge in [0.15, 0.2) is 29.8 Å². The molecule has 53 nitrogen and oxygen atoms in total. The van der Waals surface area contributed by atoms with E-state index in [1.54, 1.807) is 74.6 Å². The molecule has 0 aliphatic carbocycles. The van der Waals surface area contributed by atoms with E-state index in [0.717, 1.165) is 35.3 Å². The summed E-state index contributed by atoms with van der Waals surface area (Å²) in [4.78, 5) is 277. The normalized spacial score (nSPS) is 22.2. The van der Waals surface area contributed by atoms with Crippen LogP contribution in [0.5, 0.6) is 0 Å². The van der Waals surface area contributed by atoms with Crippen LogP contribution in [-0.4, -0.2) is 344 Å². The number of nitrogens with zero attached hydrogens (tertiary/aromatic N) is 4. The van der Waals surface area contributed by atoms with Gasteiger partial charge in [0.05, 0.1) is 26.0 Å². The second-order valence-corrected chi connectivity index (χ2v) is 41.3. The summed E-state index contributed by atoms with van der Waals surface area (Å²) in [6.45, 7) is 5.66. The minimum Gasteiger partial charge on any atom is -0.480 e. The average Bonchev–Trinajstić information content (AvgIpc) is 1.70. The van der Waals surface area contributed by atoms with Crippen LogP contribution in [0.3, 0.4) is 0 Å². The molecule has 2 aromatic carbocycles. The van der Waals surface area contributed by atoms with Crippen molar-refractivity contribution in [3.8, 4) is 0 Å². The number of aliphatic carboxylic acids is 1. The van der Waals surface area contributed by atoms with E-state index in [9.17, 15) is 24.3 Å². The number of benzene rings is 2. The Balaban J connectivity index is 1.38. The zero-order valence-electron chi connectivity index (χ0n) is 85.0. The first-order chi connectivity index (χ1) is 71.3. The standard InChI is InChI=1S/C94H150N34O19S3/c1-52(2)26-27-63-81(138)113-62(24-14-37-111-94(105)106)80(137)123-69(84(141)116-61(23-13-36-110-93(103)104)79(136)121-67(89(146)147)44-55-45-112-58-20-9-8-18-56(55)58)47-149-40-31-74(131)126-49-125-50-127(51-126)75(132)32-41-150-48-70(85(142)115-59(21-11-34-108-91(99)100)77(134)118-64(82(139)117-63)28-29-72(96)129)124-87(144)71-25-15-38-128(71)88(145)66(42-53(3)4)120-78(135)60(22-12-35-109-92(101)102)114-83(140)65(43-54-16-6-5-7-17-54)119-86(143)68(46-148-39-30-73(125)130)122-76(133)57(95)19-10-33-107-90(97)98/h5-9,16-18,20,45,52-53,57,59-71,112H,10-15,19,21-44,46-51,95H2,1-4H3,(H2,96,129)(H,113,138)(H,114,140)(H,115,142)(H,116,141)(H,117,139)(H,118,134)(H,119,143)(H,120,135)(H,121,136)(H,122,133)(H,123,137)(H,124,144)(H,146,147)(H4,97,98,107)(H4,99,100,108)(H4,101,102,109)(H4,103,104,110)(H4,105,106,111)/t57-,59-,60-,61-,62-,63-,64-,65-,66-,67-,68-,69-,70-,71-/m0/s1. The Hall–Kier alpha value is -14.2. The molecule has 56 heteroatoms. The van der Waals surface area contributed by atoms with Crippen molar-refractivity contribution in [3.05, 3.63) is 71.9 Å². The van der Waals surface area contributed by atoms with Crippen molar-refractivity contribution in [2.75, 3.05) is 93.8 Å². The number of thioether (sulfide) groups is 3. The van der Waals surface area contributed by atoms with Crippen molar-refractivity contribution in [1.82, 2.24) is 115 Å². The van der Waals surface area contributed by atoms with Gasteiger partial charge in [-0.1, -0.05) is 76.2 Å². The maximum atomic E-state index is 15.5. The third-order valence-corrected chi connectivity index (χ3v) is 28.0. The number of nitrogens with one attached hydrogen (secondary N) is 23. The number of carboxylic acids is 1. The first kappa shape index (κ1) is 123. The number of rotatable bonds is 39. The lowest BCUT2D eigenvalue weighted by molar-refractivity contribution is -0.158. The van der Waals surface area contributed by atoms with E-state index in [2.05, 4.69) is 95.4 Å². The maximum absolute atomic E-state index is 15.5. The van der Waals surface area contributed by atoms with Crippen LogP contribution in [0.25, 0.3) is 10.9 Å². The van der Waals surface area contributed by atoms with Crippen LogP contribution in [0.1, 0.15) is 167 Å². The fourth-order valence-corrected chi connectivity index (χ4v) is 19.6. The van der Waals surface area contributed by atoms with Crippen molar-refractivity contribution in [2.45, 2.75) is 254 Å². The highest BCUT2D eigenvalue weighted by molar-refractivity contribution is 7.99. The molecule has 17 amide bonds. The quantitative estimate of drug-likeness (QED) is 0.0144. The summed E-state index contributed by atoms with van der Waals surface area (Å²) in [6, 6.07) is -6.60. The van der Waals surface area contributed by atoms with E-state index >= 15 is 67.1 Å². The molecule has 4 aliphatic heterocycles. The highest BCUT2D eigenvalue weighted by Crippen LogP contribution is 2.26. The van der Waals surface area contributed by atoms with Gasteiger partial charge in [0.2, 0.25) is 100 Å². The molecule has 0 radical (unpaired) electrons. The van der Waals surface area contributed by atoms with Gasteiger partial charge in [-0.3, -0.25) is 109 Å². The Morgan fingerprint density at radius 3 is 1.41 bits per heavy atom. The first-order valence-corrected chi connectivity index (χ1v) is 53.6. The van der Waals surface area contributed by atoms with E-state index in [0.29, 0.717) is 22.0 Å². The number of carbonyl (C=O) groups excluding carboxylic acids is 17. The Morgan fingerprint density at radius 1 is 0.460 bits per heavy atom. The Morgan fingerprint density at radius 2 is 0.907 bits per heavy atom. The highest BCUT2D eigenvalue weighted by atomic mass is 32.2. The van der Waals surface area contributed by atoms with Gasteiger partial charge < -0.3 is 160 Å². The molecule has 5 heterocycles. The topological polar surface area (TPSA) is 862 Å². The van der Waals surface area contributed by atoms with Gasteiger partial charge >= 0.3 is 5.97 Å². The van der Waals surface area contributed by atoms with Crippen LogP contribution in [0.15, 0.2) is 60.8 Å². The molecular weight excluding hydrogens is 2010 g/mol. The first-order valence-electron chi connectivity index (χ1n) is 50.1. The summed E-state index contributed by atoms with van der Waals surface area (Å²) in [7, 11) is 0. The minimum absolute atomic E-state index is 0.00766. The molecule has 4 aliphatic rings. The lowest BCUT2D eigenvalue weighted by atomic mass is 10.0. The van der Waals surface area contributed by atoms with E-state index < -0.39 is 272 Å². The Bertz CT molecular complexity index is 5180. The summed E-state index contributed by atoms with van der Waals surface area (Å²) >= 11 is 2.86. The molecule has 0 spiro atoms. The second kappa shape index (κ2) is 63.6. The number of fused-ring (bicyclic) bond motifs is 9. The molecule has 0 saturated carbocycles. The van der Waals surface area contributed by atoms with Crippen LogP contribution in [0.4, 0.5) is 0 Å². The summed E-state index contributed by atoms with van der Waals surface area (Å²) in [6.07, 6.45) is -1.84. The van der Waals surface area contributed by atoms with Crippen molar-refractivity contribution in [2.24, 2.45) is 52.0 Å². The van der Waals surface area contributed by atoms with Gasteiger partial charge in [0.1, 0.15) is 78.5 Å². The highest BCUT2D eigenvalue weighted by Gasteiger charge is 2.44. The molecule has 0 unspecified atom stereocenters. The SMILES string of the molecule is CC(C)CC[C@@H]1NC(=O)[C@H](CCC(N)=O)NC(=O)[C@H](CCCNC(=N)N)NC(=O)[C@@H]2CSCCC(=O)N3CN(CN(C3)C(=O)CCSC[C@H](NC(=O)[C@@H](N)CCCNC(=N)N)C(=O)N[C@@H](Cc3ccccc3)C(=O)N[C@@H](CCCNC(=N)N)C(=O)N[C@@H](CC(C)C)C(=O)N3CCC[C@H]3C(=O)N2)C(=O)CCSC[C@@H](C(=O)N[C@@H](CCCNC(=N)N)C(=O)N[C@@H](Cc2c[nH]c3ccccc23)C(=O)O)NC(=O)[C@H](CCCNC(=N)N)NC1=O. The summed E-state index contributed by atoms with van der Waals surface area (Å²) < 4.78 is 0. The van der Waals surface area contributed by atoms with Crippen LogP contribution < -0.4 is 131 Å². The van der Waals surface area contributed by atoms with Gasteiger partial charge in [0, 0.05) is 129 Å². The van der Waals surface area contributed by atoms with Gasteiger partial charge in [0.25, 0.3) is 0 Å². The number of nitrogens with two attached hydrogens (primary N) is 7. The monoisotopic (exact) mass is 2160 g/mol. The zero-order valence-corrected chi connectivity index (χ0v) is 87.5. The van der Waals surface area contributed by atoms with Crippen molar-refractivity contribution >= 4 is 182 Å². The van der Waals surface area contributed by atoms with Gasteiger partial charge in [-0.15, -0.1) is 0 Å². The van der Waals surface area contributed by atoms with Crippen LogP contribution in [0.2, 0.25) is 0 Å². The number of guanidine groups is 5. The van der Waals surface area contributed by atoms with Crippen LogP contribution in [0, 0.1) is 38.9 Å². The predicted molar refractivity (Wildman–Crippen MR) is 564 cm³/mol. The zero-order chi connectivity index (χ0) is 110. The van der Waals surface area contributed by atoms with E-state index in [1.165, 1.54) is 19.6 Å². The lowest BCUT2D eigenvalue weighted by Gasteiger charge is -2.42. The number of amides is 17. The van der Waals surface area contributed by atoms with Crippen LogP contribution in [-0.2, 0) is 99.1 Å². The molecule has 38 N–H and O–H groups in total. The molecule has 14 atom stereocenters. The molecule has 1 aromatic heterocycles. The number of para-hydroxylation sites is 1. The third kappa shape index (κ3) is 43.2. The number of hydrogen-bond acceptors (Lipinski definition) is 27. The Labute approximate surface area is 882 Å². The fraction of sp³-hybridized carbons (Fsp3) is 0.606. The average molecular weight is 2160 g/mol. The van der Waals surface area contributed by atoms with Gasteiger partial charge in [-0.05, 0) is 132 Å². The van der Waals surface area contributed by atoms with E-state index in [4.69, 9.17) is 67.2 Å². The molecule has 7 rings (SSSR count). The maximum Gasteiger partial charge on any atom is 0.326 e. The lowest BCUT2D eigenvalue weighted by Crippen LogP contribution is -2.61. The van der Waals surface area contributed by atoms with Gasteiger partial charge in [-0.25, -0.2) is 4.79 Å². The predicted octanol–water partition coefficient (Wildman–Crippen LogP) is -5.99. The van der Waals surface area contributed by atoms with Crippen molar-refractivity contribution < 1.29 is 91.4 Å². The number of aromatic nitrogens is 1. The largest absolute Gasteiger partial charge is 0.480 e. The molecule has 3 aromatic rings. The molecule has 4 saturated heterocycles. The number of H-pyrrole nitrogens is 1. The van der Waals surface area contributed by atoms with Gasteiger partial charge in [-0.2, -0.15) is 35.3 Å². The second-order valence-electron chi connectivity index (χ2n) is 37.8. The molecule has 150 heavy (non-hydrogen) atoms. The Kier molecular flexibility index (Phi) is 52.0. The summed E-state index contributed by atoms with van der Waals surface area (Å²) in [5.74, 6) is -21.4. The third-order valence-electron chi connectivity index (χ3n) is 24.8. The number of carbonyl (C=O) groups is 18. The molecule has 4 fully saturated rings. The van der Waals surface area contributed by atoms with E-state index in [1.807, 2.05) is 13.8 Å². The van der Waals surface area contributed by atoms with E-state index in [-0.39, 0.29) is 196 Å². The van der Waals surface area contributed by atoms with Crippen LogP contribution >= 0.6 is 35.3 Å². The number of carboxylic acid groups (broad SMARTS) is 1.